The van der Waals surface area contributed by atoms with E-state index in [1.165, 1.54) is 0 Å². The van der Waals surface area contributed by atoms with Crippen LogP contribution in [0.15, 0.2) is 40.0 Å². The standard InChI is InChI=1S/C24H28N4O4S/c29-24-18-3-1-2-17-16-19-21(5-4-20(25-24)23(19)22(17)18)33(30,31)28-10-8-26(9-11-28)6-7-27-12-14-32-15-13-27/h1-5H,6-16H2,(H,25,29). The molecule has 1 aliphatic carbocycles. The van der Waals surface area contributed by atoms with E-state index in [9.17, 15) is 13.2 Å². The molecule has 0 spiro atoms. The second kappa shape index (κ2) is 8.18. The van der Waals surface area contributed by atoms with Crippen molar-refractivity contribution in [1.29, 1.82) is 0 Å². The van der Waals surface area contributed by atoms with Crippen molar-refractivity contribution >= 4 is 31.7 Å². The number of pyridine rings is 1. The van der Waals surface area contributed by atoms with Crippen LogP contribution in [0.1, 0.15) is 11.1 Å². The summed E-state index contributed by atoms with van der Waals surface area (Å²) in [6.07, 6.45) is 0.537. The van der Waals surface area contributed by atoms with E-state index < -0.39 is 10.0 Å². The summed E-state index contributed by atoms with van der Waals surface area (Å²) in [5, 5.41) is 2.41. The number of benzene rings is 2. The van der Waals surface area contributed by atoms with Crippen molar-refractivity contribution in [3.63, 3.8) is 0 Å². The third-order valence-corrected chi connectivity index (χ3v) is 9.30. The molecule has 8 nitrogen and oxygen atoms in total. The van der Waals surface area contributed by atoms with Crippen LogP contribution in [-0.4, -0.2) is 93.1 Å². The van der Waals surface area contributed by atoms with E-state index in [0.717, 1.165) is 74.4 Å². The zero-order valence-corrected chi connectivity index (χ0v) is 19.4. The van der Waals surface area contributed by atoms with Crippen LogP contribution >= 0.6 is 0 Å². The van der Waals surface area contributed by atoms with Gasteiger partial charge in [0.2, 0.25) is 10.0 Å². The van der Waals surface area contributed by atoms with Crippen molar-refractivity contribution in [3.8, 4) is 0 Å². The highest BCUT2D eigenvalue weighted by Crippen LogP contribution is 2.39. The van der Waals surface area contributed by atoms with Crippen LogP contribution in [0, 0.1) is 0 Å². The molecule has 9 heteroatoms. The normalized spacial score (nSPS) is 20.4. The number of ether oxygens (including phenoxy) is 1. The Hall–Kier alpha value is -2.30. The summed E-state index contributed by atoms with van der Waals surface area (Å²) in [5.74, 6) is 0. The summed E-state index contributed by atoms with van der Waals surface area (Å²) in [4.78, 5) is 20.6. The number of sulfonamides is 1. The molecule has 6 rings (SSSR count). The number of rotatable bonds is 5. The lowest BCUT2D eigenvalue weighted by atomic mass is 10.1. The van der Waals surface area contributed by atoms with Gasteiger partial charge in [0.05, 0.1) is 18.1 Å². The van der Waals surface area contributed by atoms with Gasteiger partial charge < -0.3 is 9.72 Å². The van der Waals surface area contributed by atoms with Gasteiger partial charge in [0.25, 0.3) is 5.56 Å². The summed E-state index contributed by atoms with van der Waals surface area (Å²) in [5.41, 5.74) is 2.41. The van der Waals surface area contributed by atoms with E-state index in [1.807, 2.05) is 18.2 Å². The van der Waals surface area contributed by atoms with Crippen molar-refractivity contribution in [1.82, 2.24) is 19.1 Å². The van der Waals surface area contributed by atoms with Crippen molar-refractivity contribution in [2.75, 3.05) is 65.6 Å². The minimum Gasteiger partial charge on any atom is -0.379 e. The second-order valence-electron chi connectivity index (χ2n) is 9.14. The molecule has 1 N–H and O–H groups in total. The van der Waals surface area contributed by atoms with Gasteiger partial charge in [-0.3, -0.25) is 14.6 Å². The Bertz CT molecular complexity index is 1390. The number of nitrogens with zero attached hydrogens (tertiary/aromatic N) is 3. The maximum Gasteiger partial charge on any atom is 0.256 e. The molecule has 2 aliphatic heterocycles. The van der Waals surface area contributed by atoms with Gasteiger partial charge in [-0.25, -0.2) is 8.42 Å². The molecule has 1 aromatic heterocycles. The highest BCUT2D eigenvalue weighted by molar-refractivity contribution is 7.89. The number of aromatic nitrogens is 1. The first-order valence-corrected chi connectivity index (χ1v) is 13.1. The number of H-pyrrole nitrogens is 1. The maximum atomic E-state index is 13.7. The molecule has 3 heterocycles. The molecule has 0 amide bonds. The van der Waals surface area contributed by atoms with Crippen LogP contribution in [0.25, 0.3) is 21.7 Å². The molecule has 2 saturated heterocycles. The SMILES string of the molecule is O=c1[nH]c2ccc(S(=O)(=O)N3CCN(CCN4CCOCC4)CC3)c3c2c2c(cccc12)C3. The van der Waals surface area contributed by atoms with Crippen molar-refractivity contribution in [3.05, 3.63) is 51.8 Å². The molecule has 33 heavy (non-hydrogen) atoms. The minimum atomic E-state index is -3.62. The molecule has 3 aliphatic rings. The topological polar surface area (TPSA) is 85.9 Å². The van der Waals surface area contributed by atoms with Crippen LogP contribution in [-0.2, 0) is 21.2 Å². The first-order valence-electron chi connectivity index (χ1n) is 11.6. The van der Waals surface area contributed by atoms with E-state index in [1.54, 1.807) is 16.4 Å². The Morgan fingerprint density at radius 1 is 0.879 bits per heavy atom. The van der Waals surface area contributed by atoms with Crippen LogP contribution in [0.3, 0.4) is 0 Å². The molecule has 0 atom stereocenters. The summed E-state index contributed by atoms with van der Waals surface area (Å²) in [7, 11) is -3.62. The number of hydrogen-bond acceptors (Lipinski definition) is 6. The van der Waals surface area contributed by atoms with Crippen molar-refractivity contribution in [2.45, 2.75) is 11.3 Å². The van der Waals surface area contributed by atoms with Crippen molar-refractivity contribution < 1.29 is 13.2 Å². The Balaban J connectivity index is 1.23. The lowest BCUT2D eigenvalue weighted by Crippen LogP contribution is -2.51. The average Bonchev–Trinajstić information content (AvgIpc) is 3.23. The van der Waals surface area contributed by atoms with Gasteiger partial charge in [0, 0.05) is 80.5 Å². The highest BCUT2D eigenvalue weighted by Gasteiger charge is 2.33. The first kappa shape index (κ1) is 21.2. The van der Waals surface area contributed by atoms with Crippen molar-refractivity contribution in [2.24, 2.45) is 0 Å². The third-order valence-electron chi connectivity index (χ3n) is 7.32. The molecule has 0 radical (unpaired) electrons. The Morgan fingerprint density at radius 2 is 1.61 bits per heavy atom. The average molecular weight is 469 g/mol. The lowest BCUT2D eigenvalue weighted by Gasteiger charge is -2.36. The van der Waals surface area contributed by atoms with E-state index >= 15 is 0 Å². The van der Waals surface area contributed by atoms with Gasteiger partial charge in [0.15, 0.2) is 0 Å². The van der Waals surface area contributed by atoms with Crippen LogP contribution in [0.4, 0.5) is 0 Å². The highest BCUT2D eigenvalue weighted by atomic mass is 32.2. The summed E-state index contributed by atoms with van der Waals surface area (Å²) in [6, 6.07) is 9.09. The van der Waals surface area contributed by atoms with E-state index in [-0.39, 0.29) is 5.56 Å². The lowest BCUT2D eigenvalue weighted by molar-refractivity contribution is 0.0317. The molecule has 0 unspecified atom stereocenters. The van der Waals surface area contributed by atoms with Gasteiger partial charge in [-0.2, -0.15) is 4.31 Å². The molecule has 3 aromatic rings. The third kappa shape index (κ3) is 3.59. The largest absolute Gasteiger partial charge is 0.379 e. The Morgan fingerprint density at radius 3 is 2.36 bits per heavy atom. The summed E-state index contributed by atoms with van der Waals surface area (Å²) >= 11 is 0. The predicted octanol–water partition coefficient (Wildman–Crippen LogP) is 1.22. The monoisotopic (exact) mass is 468 g/mol. The minimum absolute atomic E-state index is 0.129. The number of nitrogens with one attached hydrogen (secondary N) is 1. The fourth-order valence-electron chi connectivity index (χ4n) is 5.49. The summed E-state index contributed by atoms with van der Waals surface area (Å²) in [6.45, 7) is 7.96. The van der Waals surface area contributed by atoms with Crippen LogP contribution in [0.5, 0.6) is 0 Å². The van der Waals surface area contributed by atoms with Gasteiger partial charge >= 0.3 is 0 Å². The molecular formula is C24H28N4O4S. The number of aromatic amines is 1. The first-order chi connectivity index (χ1) is 16.0. The molecule has 2 aromatic carbocycles. The quantitative estimate of drug-likeness (QED) is 0.444. The van der Waals surface area contributed by atoms with E-state index in [2.05, 4.69) is 14.8 Å². The maximum absolute atomic E-state index is 13.7. The molecular weight excluding hydrogens is 440 g/mol. The van der Waals surface area contributed by atoms with E-state index in [4.69, 9.17) is 4.74 Å². The Kier molecular flexibility index (Phi) is 5.26. The number of morpholine rings is 1. The van der Waals surface area contributed by atoms with Gasteiger partial charge in [-0.15, -0.1) is 0 Å². The number of piperazine rings is 1. The predicted molar refractivity (Wildman–Crippen MR) is 127 cm³/mol. The van der Waals surface area contributed by atoms with Gasteiger partial charge in [0.1, 0.15) is 0 Å². The zero-order valence-electron chi connectivity index (χ0n) is 18.5. The smallest absolute Gasteiger partial charge is 0.256 e. The van der Waals surface area contributed by atoms with E-state index in [0.29, 0.717) is 35.3 Å². The molecule has 0 bridgehead atoms. The Labute approximate surface area is 192 Å². The second-order valence-corrected chi connectivity index (χ2v) is 11.0. The zero-order chi connectivity index (χ0) is 22.6. The molecule has 174 valence electrons. The molecule has 0 saturated carbocycles. The van der Waals surface area contributed by atoms with Gasteiger partial charge in [-0.05, 0) is 29.3 Å². The molecule has 2 fully saturated rings. The van der Waals surface area contributed by atoms with Crippen LogP contribution in [0.2, 0.25) is 0 Å². The van der Waals surface area contributed by atoms with Gasteiger partial charge in [-0.1, -0.05) is 12.1 Å². The fourth-order valence-corrected chi connectivity index (χ4v) is 7.14. The fraction of sp³-hybridized carbons (Fsp3) is 0.458. The van der Waals surface area contributed by atoms with Crippen LogP contribution < -0.4 is 5.56 Å². The number of hydrogen-bond donors (Lipinski definition) is 1. The summed E-state index contributed by atoms with van der Waals surface area (Å²) < 4.78 is 34.4.